The van der Waals surface area contributed by atoms with Gasteiger partial charge in [0.05, 0.1) is 0 Å². The summed E-state index contributed by atoms with van der Waals surface area (Å²) >= 11 is 0. The molecule has 0 fully saturated rings. The lowest BCUT2D eigenvalue weighted by molar-refractivity contribution is 0.112. The zero-order valence-corrected chi connectivity index (χ0v) is 14.0. The van der Waals surface area contributed by atoms with Crippen molar-refractivity contribution in [3.05, 3.63) is 41.6 Å². The van der Waals surface area contributed by atoms with Crippen LogP contribution in [0.1, 0.15) is 40.2 Å². The Bertz CT molecular complexity index is 379. The lowest BCUT2D eigenvalue weighted by Gasteiger charge is -2.32. The number of hydrogen-bond acceptors (Lipinski definition) is 2. The summed E-state index contributed by atoms with van der Waals surface area (Å²) in [5.74, 6) is 0. The van der Waals surface area contributed by atoms with E-state index in [1.54, 1.807) is 0 Å². The Hall–Kier alpha value is -0.903. The third-order valence-corrected chi connectivity index (χ3v) is 5.82. The first kappa shape index (κ1) is 16.2. The van der Waals surface area contributed by atoms with Crippen molar-refractivity contribution < 1.29 is 4.43 Å². The highest BCUT2D eigenvalue weighted by Crippen LogP contribution is 2.13. The highest BCUT2D eigenvalue weighted by Gasteiger charge is 2.22. The molecule has 1 unspecified atom stereocenters. The van der Waals surface area contributed by atoms with Crippen molar-refractivity contribution in [3.63, 3.8) is 0 Å². The monoisotopic (exact) mass is 277 g/mol. The summed E-state index contributed by atoms with van der Waals surface area (Å²) in [6.45, 7) is 12.9. The second kappa shape index (κ2) is 7.63. The molecule has 0 aliphatic heterocycles. The Labute approximate surface area is 119 Å². The van der Waals surface area contributed by atoms with E-state index in [0.29, 0.717) is 0 Å². The van der Waals surface area contributed by atoms with Gasteiger partial charge in [-0.15, -0.1) is 0 Å². The van der Waals surface area contributed by atoms with Crippen LogP contribution in [-0.4, -0.2) is 32.5 Å². The van der Waals surface area contributed by atoms with Crippen molar-refractivity contribution in [1.82, 2.24) is 4.57 Å². The van der Waals surface area contributed by atoms with Gasteiger partial charge in [-0.2, -0.15) is 0 Å². The minimum atomic E-state index is -1.49. The average Bonchev–Trinajstić information content (AvgIpc) is 2.37. The molecule has 1 aromatic rings. The quantitative estimate of drug-likeness (QED) is 0.736. The van der Waals surface area contributed by atoms with Crippen LogP contribution in [0.5, 0.6) is 0 Å². The van der Waals surface area contributed by atoms with E-state index in [0.717, 1.165) is 13.1 Å². The fourth-order valence-electron chi connectivity index (χ4n) is 1.94. The molecule has 3 heteroatoms. The van der Waals surface area contributed by atoms with Gasteiger partial charge < -0.3 is 8.99 Å². The standard InChI is InChI=1S/C16H27NOSi/c1-6-17(7-2)19(18-16(3,4)5)14-13-15-11-9-8-10-12-15/h8-14,19H,6-7H2,1-5H3. The first-order valence-electron chi connectivity index (χ1n) is 7.11. The van der Waals surface area contributed by atoms with Crippen LogP contribution in [0.15, 0.2) is 36.0 Å². The highest BCUT2D eigenvalue weighted by molar-refractivity contribution is 6.55. The number of hydrogen-bond donors (Lipinski definition) is 0. The first-order valence-corrected chi connectivity index (χ1v) is 8.77. The van der Waals surface area contributed by atoms with Gasteiger partial charge in [0.25, 0.3) is 9.20 Å². The molecule has 106 valence electrons. The number of rotatable bonds is 6. The molecule has 0 aliphatic carbocycles. The van der Waals surface area contributed by atoms with Crippen molar-refractivity contribution in [2.24, 2.45) is 0 Å². The summed E-state index contributed by atoms with van der Waals surface area (Å²) < 4.78 is 8.73. The molecular weight excluding hydrogens is 250 g/mol. The fraction of sp³-hybridized carbons (Fsp3) is 0.500. The predicted octanol–water partition coefficient (Wildman–Crippen LogP) is 3.62. The first-order chi connectivity index (χ1) is 8.96. The SMILES string of the molecule is CCN(CC)[SiH](C=Cc1ccccc1)OC(C)(C)C. The molecule has 1 atom stereocenters. The van der Waals surface area contributed by atoms with E-state index >= 15 is 0 Å². The van der Waals surface area contributed by atoms with Crippen LogP contribution in [0.25, 0.3) is 6.08 Å². The molecule has 1 rings (SSSR count). The van der Waals surface area contributed by atoms with Gasteiger partial charge in [-0.25, -0.2) is 0 Å². The summed E-state index contributed by atoms with van der Waals surface area (Å²) in [6.07, 6.45) is 2.20. The minimum Gasteiger partial charge on any atom is -0.397 e. The van der Waals surface area contributed by atoms with Crippen molar-refractivity contribution in [2.75, 3.05) is 13.1 Å². The van der Waals surface area contributed by atoms with Crippen LogP contribution in [0.3, 0.4) is 0 Å². The summed E-state index contributed by atoms with van der Waals surface area (Å²) in [5.41, 5.74) is 3.44. The normalized spacial score (nSPS) is 14.2. The maximum Gasteiger partial charge on any atom is 0.281 e. The lowest BCUT2D eigenvalue weighted by atomic mass is 10.2. The Morgan fingerprint density at radius 1 is 1.11 bits per heavy atom. The number of nitrogens with zero attached hydrogens (tertiary/aromatic N) is 1. The van der Waals surface area contributed by atoms with E-state index in [9.17, 15) is 0 Å². The molecule has 1 aromatic carbocycles. The van der Waals surface area contributed by atoms with E-state index in [-0.39, 0.29) is 5.60 Å². The summed E-state index contributed by atoms with van der Waals surface area (Å²) in [7, 11) is -1.49. The lowest BCUT2D eigenvalue weighted by Crippen LogP contribution is -2.44. The Kier molecular flexibility index (Phi) is 6.49. The van der Waals surface area contributed by atoms with Gasteiger partial charge in [0.2, 0.25) is 0 Å². The zero-order valence-electron chi connectivity index (χ0n) is 12.9. The molecule has 0 aromatic heterocycles. The Morgan fingerprint density at radius 3 is 2.16 bits per heavy atom. The Balaban J connectivity index is 2.82. The zero-order chi connectivity index (χ0) is 14.3. The van der Waals surface area contributed by atoms with Gasteiger partial charge >= 0.3 is 0 Å². The summed E-state index contributed by atoms with van der Waals surface area (Å²) in [6, 6.07) is 10.4. The van der Waals surface area contributed by atoms with Crippen LogP contribution < -0.4 is 0 Å². The van der Waals surface area contributed by atoms with Gasteiger partial charge in [0.15, 0.2) is 0 Å². The molecule has 0 aliphatic rings. The van der Waals surface area contributed by atoms with Crippen LogP contribution in [-0.2, 0) is 4.43 Å². The molecule has 0 radical (unpaired) electrons. The number of benzene rings is 1. The smallest absolute Gasteiger partial charge is 0.281 e. The highest BCUT2D eigenvalue weighted by atomic mass is 28.3. The van der Waals surface area contributed by atoms with Gasteiger partial charge in [0, 0.05) is 5.60 Å². The molecule has 0 bridgehead atoms. The van der Waals surface area contributed by atoms with Gasteiger partial charge in [-0.1, -0.05) is 56.0 Å². The Morgan fingerprint density at radius 2 is 1.68 bits per heavy atom. The van der Waals surface area contributed by atoms with E-state index in [1.165, 1.54) is 5.56 Å². The molecule has 0 saturated heterocycles. The molecule has 0 spiro atoms. The third kappa shape index (κ3) is 6.19. The van der Waals surface area contributed by atoms with E-state index in [2.05, 4.69) is 75.2 Å². The van der Waals surface area contributed by atoms with Crippen molar-refractivity contribution in [2.45, 2.75) is 40.2 Å². The maximum absolute atomic E-state index is 6.28. The van der Waals surface area contributed by atoms with Crippen LogP contribution >= 0.6 is 0 Å². The molecule has 0 N–H and O–H groups in total. The van der Waals surface area contributed by atoms with Crippen LogP contribution in [0.4, 0.5) is 0 Å². The van der Waals surface area contributed by atoms with Crippen LogP contribution in [0, 0.1) is 0 Å². The van der Waals surface area contributed by atoms with E-state index < -0.39 is 9.20 Å². The minimum absolute atomic E-state index is 0.0828. The molecule has 19 heavy (non-hydrogen) atoms. The molecule has 2 nitrogen and oxygen atoms in total. The molecule has 0 amide bonds. The topological polar surface area (TPSA) is 12.5 Å². The largest absolute Gasteiger partial charge is 0.397 e. The van der Waals surface area contributed by atoms with Gasteiger partial charge in [-0.3, -0.25) is 0 Å². The van der Waals surface area contributed by atoms with Crippen molar-refractivity contribution in [1.29, 1.82) is 0 Å². The van der Waals surface area contributed by atoms with Gasteiger partial charge in [0.1, 0.15) is 0 Å². The second-order valence-corrected chi connectivity index (χ2v) is 7.74. The van der Waals surface area contributed by atoms with E-state index in [1.807, 2.05) is 6.07 Å². The fourth-order valence-corrected chi connectivity index (χ4v) is 4.24. The summed E-state index contributed by atoms with van der Waals surface area (Å²) in [4.78, 5) is 0. The molecule has 0 saturated carbocycles. The average molecular weight is 277 g/mol. The van der Waals surface area contributed by atoms with Crippen molar-refractivity contribution >= 4 is 15.3 Å². The van der Waals surface area contributed by atoms with Gasteiger partial charge in [-0.05, 0) is 39.4 Å². The van der Waals surface area contributed by atoms with E-state index in [4.69, 9.17) is 4.43 Å². The molecule has 0 heterocycles. The third-order valence-electron chi connectivity index (χ3n) is 2.90. The van der Waals surface area contributed by atoms with Crippen LogP contribution in [0.2, 0.25) is 0 Å². The second-order valence-electron chi connectivity index (χ2n) is 5.61. The van der Waals surface area contributed by atoms with Crippen molar-refractivity contribution in [3.8, 4) is 0 Å². The maximum atomic E-state index is 6.28. The summed E-state index contributed by atoms with van der Waals surface area (Å²) in [5, 5.41) is 0. The predicted molar refractivity (Wildman–Crippen MR) is 86.4 cm³/mol. The molecular formula is C16H27NOSi.